The average molecular weight is 411 g/mol. The summed E-state index contributed by atoms with van der Waals surface area (Å²) in [5.41, 5.74) is 0.614. The van der Waals surface area contributed by atoms with Crippen LogP contribution in [-0.2, 0) is 14.8 Å². The first-order valence-electron chi connectivity index (χ1n) is 8.24. The van der Waals surface area contributed by atoms with Gasteiger partial charge in [-0.15, -0.1) is 0 Å². The summed E-state index contributed by atoms with van der Waals surface area (Å²) >= 11 is 5.97. The van der Waals surface area contributed by atoms with Crippen molar-refractivity contribution in [1.82, 2.24) is 4.31 Å². The van der Waals surface area contributed by atoms with Crippen molar-refractivity contribution in [3.05, 3.63) is 53.1 Å². The molecule has 7 nitrogen and oxygen atoms in total. The van der Waals surface area contributed by atoms with E-state index in [1.54, 1.807) is 24.3 Å². The molecule has 9 heteroatoms. The Labute approximate surface area is 162 Å². The highest BCUT2D eigenvalue weighted by molar-refractivity contribution is 7.89. The van der Waals surface area contributed by atoms with Gasteiger partial charge in [0.1, 0.15) is 5.75 Å². The maximum atomic E-state index is 12.8. The first-order valence-corrected chi connectivity index (χ1v) is 10.1. The van der Waals surface area contributed by atoms with E-state index in [-0.39, 0.29) is 10.5 Å². The predicted molar refractivity (Wildman–Crippen MR) is 102 cm³/mol. The standard InChI is InChI=1S/C18H19ClN2O5S/c1-25-17-6-5-14(19)12-16(17)20-18(22)13-3-2-4-15(11-13)27(23,24)21-7-9-26-10-8-21/h2-6,11-12H,7-10H2,1H3,(H,20,22). The lowest BCUT2D eigenvalue weighted by atomic mass is 10.2. The Kier molecular flexibility index (Phi) is 6.01. The molecule has 0 saturated carbocycles. The minimum Gasteiger partial charge on any atom is -0.495 e. The number of sulfonamides is 1. The van der Waals surface area contributed by atoms with Crippen LogP contribution in [0, 0.1) is 0 Å². The number of nitrogens with one attached hydrogen (secondary N) is 1. The summed E-state index contributed by atoms with van der Waals surface area (Å²) in [6.07, 6.45) is 0. The molecule has 1 aliphatic rings. The van der Waals surface area contributed by atoms with E-state index in [1.165, 1.54) is 29.6 Å². The second-order valence-electron chi connectivity index (χ2n) is 5.84. The number of hydrogen-bond donors (Lipinski definition) is 1. The highest BCUT2D eigenvalue weighted by Gasteiger charge is 2.27. The summed E-state index contributed by atoms with van der Waals surface area (Å²) in [5, 5.41) is 3.14. The minimum absolute atomic E-state index is 0.0649. The topological polar surface area (TPSA) is 84.9 Å². The van der Waals surface area contributed by atoms with Gasteiger partial charge in [-0.05, 0) is 36.4 Å². The van der Waals surface area contributed by atoms with Crippen LogP contribution in [0.15, 0.2) is 47.4 Å². The third-order valence-electron chi connectivity index (χ3n) is 4.11. The Balaban J connectivity index is 1.85. The van der Waals surface area contributed by atoms with E-state index in [9.17, 15) is 13.2 Å². The smallest absolute Gasteiger partial charge is 0.255 e. The lowest BCUT2D eigenvalue weighted by Gasteiger charge is -2.26. The molecule has 1 saturated heterocycles. The summed E-state index contributed by atoms with van der Waals surface area (Å²) in [6.45, 7) is 1.29. The fraction of sp³-hybridized carbons (Fsp3) is 0.278. The fourth-order valence-electron chi connectivity index (χ4n) is 2.71. The third-order valence-corrected chi connectivity index (χ3v) is 6.24. The molecule has 1 fully saturated rings. The highest BCUT2D eigenvalue weighted by atomic mass is 35.5. The van der Waals surface area contributed by atoms with Crippen molar-refractivity contribution in [2.75, 3.05) is 38.7 Å². The van der Waals surface area contributed by atoms with Gasteiger partial charge in [0.15, 0.2) is 0 Å². The molecule has 0 bridgehead atoms. The zero-order valence-corrected chi connectivity index (χ0v) is 16.2. The molecule has 0 spiro atoms. The number of carbonyl (C=O) groups is 1. The molecule has 0 unspecified atom stereocenters. The third kappa shape index (κ3) is 4.41. The Hall–Kier alpha value is -2.13. The summed E-state index contributed by atoms with van der Waals surface area (Å²) < 4.78 is 37.3. The summed E-state index contributed by atoms with van der Waals surface area (Å²) in [7, 11) is -2.20. The molecule has 1 amide bonds. The molecule has 0 atom stereocenters. The van der Waals surface area contributed by atoms with Gasteiger partial charge in [-0.1, -0.05) is 17.7 Å². The number of anilines is 1. The summed E-state index contributed by atoms with van der Waals surface area (Å²) in [6, 6.07) is 10.8. The molecule has 27 heavy (non-hydrogen) atoms. The van der Waals surface area contributed by atoms with Crippen LogP contribution in [0.1, 0.15) is 10.4 Å². The molecule has 2 aromatic rings. The van der Waals surface area contributed by atoms with Gasteiger partial charge in [0.2, 0.25) is 10.0 Å². The van der Waals surface area contributed by atoms with Crippen molar-refractivity contribution in [3.63, 3.8) is 0 Å². The molecule has 1 N–H and O–H groups in total. The first kappa shape index (κ1) is 19.6. The monoisotopic (exact) mass is 410 g/mol. The Morgan fingerprint density at radius 1 is 1.19 bits per heavy atom. The number of halogens is 1. The molecular weight excluding hydrogens is 392 g/mol. The van der Waals surface area contributed by atoms with E-state index in [0.29, 0.717) is 42.8 Å². The Morgan fingerprint density at radius 3 is 2.63 bits per heavy atom. The van der Waals surface area contributed by atoms with Crippen LogP contribution in [0.3, 0.4) is 0 Å². The number of ether oxygens (including phenoxy) is 2. The van der Waals surface area contributed by atoms with Crippen LogP contribution in [0.2, 0.25) is 5.02 Å². The van der Waals surface area contributed by atoms with Crippen molar-refractivity contribution in [2.45, 2.75) is 4.90 Å². The largest absolute Gasteiger partial charge is 0.495 e. The van der Waals surface area contributed by atoms with E-state index in [0.717, 1.165) is 0 Å². The maximum absolute atomic E-state index is 12.8. The lowest BCUT2D eigenvalue weighted by molar-refractivity contribution is 0.0730. The molecule has 1 aliphatic heterocycles. The average Bonchev–Trinajstić information content (AvgIpc) is 2.69. The van der Waals surface area contributed by atoms with Gasteiger partial charge < -0.3 is 14.8 Å². The van der Waals surface area contributed by atoms with E-state index >= 15 is 0 Å². The minimum atomic E-state index is -3.68. The van der Waals surface area contributed by atoms with E-state index in [1.807, 2.05) is 0 Å². The van der Waals surface area contributed by atoms with Crippen LogP contribution >= 0.6 is 11.6 Å². The molecule has 1 heterocycles. The van der Waals surface area contributed by atoms with Crippen LogP contribution < -0.4 is 10.1 Å². The second kappa shape index (κ2) is 8.26. The molecule has 0 aliphatic carbocycles. The lowest BCUT2D eigenvalue weighted by Crippen LogP contribution is -2.40. The van der Waals surface area contributed by atoms with Crippen molar-refractivity contribution >= 4 is 33.2 Å². The molecule has 144 valence electrons. The Bertz CT molecular complexity index is 943. The number of rotatable bonds is 5. The number of benzene rings is 2. The SMILES string of the molecule is COc1ccc(Cl)cc1NC(=O)c1cccc(S(=O)(=O)N2CCOCC2)c1. The zero-order valence-electron chi connectivity index (χ0n) is 14.6. The highest BCUT2D eigenvalue weighted by Crippen LogP contribution is 2.28. The van der Waals surface area contributed by atoms with Gasteiger partial charge in [-0.25, -0.2) is 8.42 Å². The van der Waals surface area contributed by atoms with Gasteiger partial charge in [0, 0.05) is 23.7 Å². The quantitative estimate of drug-likeness (QED) is 0.819. The molecule has 2 aromatic carbocycles. The van der Waals surface area contributed by atoms with Gasteiger partial charge in [-0.3, -0.25) is 4.79 Å². The molecule has 3 rings (SSSR count). The summed E-state index contributed by atoms with van der Waals surface area (Å²) in [5.74, 6) is -0.0144. The maximum Gasteiger partial charge on any atom is 0.255 e. The van der Waals surface area contributed by atoms with Crippen molar-refractivity contribution in [1.29, 1.82) is 0 Å². The van der Waals surface area contributed by atoms with Crippen LogP contribution in [0.25, 0.3) is 0 Å². The molecular formula is C18H19ClN2O5S. The van der Waals surface area contributed by atoms with Crippen LogP contribution in [0.5, 0.6) is 5.75 Å². The zero-order chi connectivity index (χ0) is 19.4. The van der Waals surface area contributed by atoms with Gasteiger partial charge in [-0.2, -0.15) is 4.31 Å². The number of nitrogens with zero attached hydrogens (tertiary/aromatic N) is 1. The first-order chi connectivity index (χ1) is 12.9. The second-order valence-corrected chi connectivity index (χ2v) is 8.22. The van der Waals surface area contributed by atoms with Crippen LogP contribution in [0.4, 0.5) is 5.69 Å². The number of amides is 1. The van der Waals surface area contributed by atoms with Crippen molar-refractivity contribution in [2.24, 2.45) is 0 Å². The number of morpholine rings is 1. The van der Waals surface area contributed by atoms with Crippen molar-refractivity contribution in [3.8, 4) is 5.75 Å². The number of hydrogen-bond acceptors (Lipinski definition) is 5. The number of methoxy groups -OCH3 is 1. The predicted octanol–water partition coefficient (Wildman–Crippen LogP) is 2.62. The van der Waals surface area contributed by atoms with E-state index < -0.39 is 15.9 Å². The molecule has 0 radical (unpaired) electrons. The van der Waals surface area contributed by atoms with Crippen LogP contribution in [-0.4, -0.2) is 52.0 Å². The van der Waals surface area contributed by atoms with E-state index in [4.69, 9.17) is 21.1 Å². The van der Waals surface area contributed by atoms with Gasteiger partial charge in [0.25, 0.3) is 5.91 Å². The van der Waals surface area contributed by atoms with Gasteiger partial charge >= 0.3 is 0 Å². The summed E-state index contributed by atoms with van der Waals surface area (Å²) in [4.78, 5) is 12.7. The van der Waals surface area contributed by atoms with Crippen molar-refractivity contribution < 1.29 is 22.7 Å². The normalized spacial score (nSPS) is 15.3. The molecule has 0 aromatic heterocycles. The van der Waals surface area contributed by atoms with Gasteiger partial charge in [0.05, 0.1) is 30.9 Å². The fourth-order valence-corrected chi connectivity index (χ4v) is 4.33. The van der Waals surface area contributed by atoms with E-state index in [2.05, 4.69) is 5.32 Å². The number of carbonyl (C=O) groups excluding carboxylic acids is 1. The Morgan fingerprint density at radius 2 is 1.93 bits per heavy atom.